The van der Waals surface area contributed by atoms with Crippen molar-refractivity contribution in [2.75, 3.05) is 0 Å². The maximum Gasteiger partial charge on any atom is 0.227 e. The Kier molecular flexibility index (Phi) is 3.78. The van der Waals surface area contributed by atoms with Crippen LogP contribution in [0.15, 0.2) is 75.6 Å². The molecule has 0 bridgehead atoms. The summed E-state index contributed by atoms with van der Waals surface area (Å²) in [6.07, 6.45) is 0. The standard InChI is InChI=1S/C27H20N2O2/c1-15-11-16(2)13-18(12-15)25-14-23-24(30-25)10-9-22(29-23)21-6-4-5-19-20-8-7-17(3)28-27(20)31-26(19)21/h4-14H,1-3H3. The predicted octanol–water partition coefficient (Wildman–Crippen LogP) is 7.38. The molecule has 150 valence electrons. The van der Waals surface area contributed by atoms with Gasteiger partial charge in [0, 0.05) is 33.7 Å². The zero-order chi connectivity index (χ0) is 21.1. The lowest BCUT2D eigenvalue weighted by Gasteiger charge is -2.01. The van der Waals surface area contributed by atoms with E-state index >= 15 is 0 Å². The molecule has 0 aliphatic rings. The number of furan rings is 2. The third-order valence-corrected chi connectivity index (χ3v) is 5.66. The van der Waals surface area contributed by atoms with E-state index in [4.69, 9.17) is 13.8 Å². The summed E-state index contributed by atoms with van der Waals surface area (Å²) in [4.78, 5) is 9.45. The summed E-state index contributed by atoms with van der Waals surface area (Å²) in [5, 5.41) is 2.06. The highest BCUT2D eigenvalue weighted by atomic mass is 16.3. The van der Waals surface area contributed by atoms with Crippen molar-refractivity contribution in [3.63, 3.8) is 0 Å². The molecule has 4 nitrogen and oxygen atoms in total. The molecule has 2 aromatic carbocycles. The average Bonchev–Trinajstić information content (AvgIpc) is 3.33. The van der Waals surface area contributed by atoms with Gasteiger partial charge in [-0.2, -0.15) is 0 Å². The minimum Gasteiger partial charge on any atom is -0.454 e. The maximum atomic E-state index is 6.16. The lowest BCUT2D eigenvalue weighted by atomic mass is 10.1. The van der Waals surface area contributed by atoms with Gasteiger partial charge in [-0.3, -0.25) is 0 Å². The fourth-order valence-corrected chi connectivity index (χ4v) is 4.31. The smallest absolute Gasteiger partial charge is 0.227 e. The fraction of sp³-hybridized carbons (Fsp3) is 0.111. The zero-order valence-corrected chi connectivity index (χ0v) is 17.6. The molecule has 0 aliphatic carbocycles. The number of benzene rings is 2. The van der Waals surface area contributed by atoms with Gasteiger partial charge in [0.25, 0.3) is 0 Å². The second kappa shape index (κ2) is 6.54. The van der Waals surface area contributed by atoms with Gasteiger partial charge >= 0.3 is 0 Å². The normalized spacial score (nSPS) is 11.7. The summed E-state index contributed by atoms with van der Waals surface area (Å²) < 4.78 is 12.3. The van der Waals surface area contributed by atoms with Crippen molar-refractivity contribution in [2.45, 2.75) is 20.8 Å². The van der Waals surface area contributed by atoms with E-state index in [9.17, 15) is 0 Å². The first-order valence-electron chi connectivity index (χ1n) is 10.3. The Hall–Kier alpha value is -3.92. The van der Waals surface area contributed by atoms with Crippen LogP contribution in [0.5, 0.6) is 0 Å². The summed E-state index contributed by atoms with van der Waals surface area (Å²) in [6.45, 7) is 6.16. The molecule has 0 unspecified atom stereocenters. The quantitative estimate of drug-likeness (QED) is 0.302. The predicted molar refractivity (Wildman–Crippen MR) is 124 cm³/mol. The van der Waals surface area contributed by atoms with Crippen LogP contribution in [-0.2, 0) is 0 Å². The van der Waals surface area contributed by atoms with Crippen molar-refractivity contribution < 1.29 is 8.83 Å². The molecule has 6 rings (SSSR count). The second-order valence-corrected chi connectivity index (χ2v) is 8.16. The van der Waals surface area contributed by atoms with E-state index in [-0.39, 0.29) is 0 Å². The lowest BCUT2D eigenvalue weighted by molar-refractivity contribution is 0.631. The van der Waals surface area contributed by atoms with Crippen molar-refractivity contribution in [3.8, 4) is 22.6 Å². The van der Waals surface area contributed by atoms with E-state index in [0.29, 0.717) is 5.71 Å². The summed E-state index contributed by atoms with van der Waals surface area (Å²) in [5.41, 5.74) is 9.29. The SMILES string of the molecule is Cc1cc(C)cc(-c2cc3nc(-c4cccc5c4oc4nc(C)ccc45)ccc3o2)c1. The number of pyridine rings is 2. The number of nitrogens with zero attached hydrogens (tertiary/aromatic N) is 2. The van der Waals surface area contributed by atoms with Gasteiger partial charge in [-0.05, 0) is 63.2 Å². The topological polar surface area (TPSA) is 52.1 Å². The van der Waals surface area contributed by atoms with Crippen LogP contribution in [0, 0.1) is 20.8 Å². The molecule has 0 spiro atoms. The van der Waals surface area contributed by atoms with Gasteiger partial charge in [0.05, 0.1) is 5.69 Å². The molecule has 4 heteroatoms. The highest BCUT2D eigenvalue weighted by Crippen LogP contribution is 2.36. The molecule has 0 atom stereocenters. The fourth-order valence-electron chi connectivity index (χ4n) is 4.31. The summed E-state index contributed by atoms with van der Waals surface area (Å²) in [6, 6.07) is 22.6. The van der Waals surface area contributed by atoms with E-state index in [1.54, 1.807) is 0 Å². The molecule has 4 aromatic heterocycles. The van der Waals surface area contributed by atoms with E-state index < -0.39 is 0 Å². The van der Waals surface area contributed by atoms with Crippen molar-refractivity contribution in [2.24, 2.45) is 0 Å². The van der Waals surface area contributed by atoms with Crippen molar-refractivity contribution in [1.29, 1.82) is 0 Å². The number of hydrogen-bond acceptors (Lipinski definition) is 4. The molecular formula is C27H20N2O2. The Balaban J connectivity index is 1.52. The van der Waals surface area contributed by atoms with Crippen LogP contribution in [0.3, 0.4) is 0 Å². The summed E-state index contributed by atoms with van der Waals surface area (Å²) >= 11 is 0. The van der Waals surface area contributed by atoms with Crippen molar-refractivity contribution in [3.05, 3.63) is 83.6 Å². The first-order chi connectivity index (χ1) is 15.0. The molecule has 0 saturated heterocycles. The monoisotopic (exact) mass is 404 g/mol. The van der Waals surface area contributed by atoms with Crippen LogP contribution < -0.4 is 0 Å². The molecule has 0 radical (unpaired) electrons. The molecule has 0 fully saturated rings. The number of aromatic nitrogens is 2. The first-order valence-corrected chi connectivity index (χ1v) is 10.3. The van der Waals surface area contributed by atoms with Crippen LogP contribution in [0.25, 0.3) is 55.7 Å². The van der Waals surface area contributed by atoms with Gasteiger partial charge in [-0.25, -0.2) is 9.97 Å². The van der Waals surface area contributed by atoms with E-state index in [0.717, 1.165) is 55.7 Å². The Morgan fingerprint density at radius 3 is 2.39 bits per heavy atom. The Morgan fingerprint density at radius 2 is 1.55 bits per heavy atom. The van der Waals surface area contributed by atoms with E-state index in [2.05, 4.69) is 49.2 Å². The van der Waals surface area contributed by atoms with E-state index in [1.165, 1.54) is 11.1 Å². The lowest BCUT2D eigenvalue weighted by Crippen LogP contribution is -1.83. The summed E-state index contributed by atoms with van der Waals surface area (Å²) in [5.74, 6) is 0.827. The molecule has 0 saturated carbocycles. The third kappa shape index (κ3) is 2.91. The first kappa shape index (κ1) is 17.9. The highest BCUT2D eigenvalue weighted by Gasteiger charge is 2.15. The van der Waals surface area contributed by atoms with Crippen LogP contribution >= 0.6 is 0 Å². The van der Waals surface area contributed by atoms with Crippen molar-refractivity contribution in [1.82, 2.24) is 9.97 Å². The van der Waals surface area contributed by atoms with Crippen molar-refractivity contribution >= 4 is 33.2 Å². The van der Waals surface area contributed by atoms with Gasteiger partial charge < -0.3 is 8.83 Å². The Morgan fingerprint density at radius 1 is 0.710 bits per heavy atom. The number of para-hydroxylation sites is 1. The summed E-state index contributed by atoms with van der Waals surface area (Å²) in [7, 11) is 0. The van der Waals surface area contributed by atoms with E-state index in [1.807, 2.05) is 43.3 Å². The molecule has 0 amide bonds. The highest BCUT2D eigenvalue weighted by molar-refractivity contribution is 6.08. The molecule has 31 heavy (non-hydrogen) atoms. The number of aryl methyl sites for hydroxylation is 3. The number of rotatable bonds is 2. The van der Waals surface area contributed by atoms with Crippen LogP contribution in [-0.4, -0.2) is 9.97 Å². The Bertz CT molecular complexity index is 1600. The van der Waals surface area contributed by atoms with Crippen LogP contribution in [0.4, 0.5) is 0 Å². The van der Waals surface area contributed by atoms with Gasteiger partial charge in [-0.15, -0.1) is 0 Å². The van der Waals surface area contributed by atoms with Crippen LogP contribution in [0.2, 0.25) is 0 Å². The molecule has 6 aromatic rings. The largest absolute Gasteiger partial charge is 0.454 e. The molecule has 0 aliphatic heterocycles. The van der Waals surface area contributed by atoms with Gasteiger partial charge in [-0.1, -0.05) is 29.3 Å². The van der Waals surface area contributed by atoms with Gasteiger partial charge in [0.2, 0.25) is 5.71 Å². The Labute approximate surface area is 179 Å². The maximum absolute atomic E-state index is 6.16. The minimum absolute atomic E-state index is 0.656. The molecular weight excluding hydrogens is 384 g/mol. The number of fused-ring (bicyclic) bond motifs is 4. The third-order valence-electron chi connectivity index (χ3n) is 5.66. The average molecular weight is 404 g/mol. The molecule has 0 N–H and O–H groups in total. The van der Waals surface area contributed by atoms with Crippen LogP contribution in [0.1, 0.15) is 16.8 Å². The van der Waals surface area contributed by atoms with Gasteiger partial charge in [0.15, 0.2) is 5.58 Å². The number of hydrogen-bond donors (Lipinski definition) is 0. The minimum atomic E-state index is 0.656. The zero-order valence-electron chi connectivity index (χ0n) is 17.6. The second-order valence-electron chi connectivity index (χ2n) is 8.16. The molecule has 4 heterocycles. The van der Waals surface area contributed by atoms with Gasteiger partial charge in [0.1, 0.15) is 16.9 Å².